The first-order chi connectivity index (χ1) is 9.20. The summed E-state index contributed by atoms with van der Waals surface area (Å²) in [5.74, 6) is 11.9. The van der Waals surface area contributed by atoms with Crippen LogP contribution in [0.4, 0.5) is 0 Å². The molecule has 0 rings (SSSR count). The van der Waals surface area contributed by atoms with Crippen LogP contribution in [-0.4, -0.2) is 16.5 Å². The molecule has 0 aliphatic heterocycles. The molecule has 1 N–H and O–H groups in total. The first kappa shape index (κ1) is 18.2. The third-order valence-corrected chi connectivity index (χ3v) is 2.30. The van der Waals surface area contributed by atoms with E-state index in [1.807, 2.05) is 13.0 Å². The summed E-state index contributed by atoms with van der Waals surface area (Å²) in [7, 11) is 0. The molecule has 0 fully saturated rings. The number of aliphatic hydroxyl groups is 1. The number of allylic oxidation sites excluding steroid dienone is 3. The van der Waals surface area contributed by atoms with Crippen molar-refractivity contribution < 1.29 is 9.90 Å². The lowest BCUT2D eigenvalue weighted by molar-refractivity contribution is -0.116. The van der Waals surface area contributed by atoms with Gasteiger partial charge in [0.15, 0.2) is 0 Å². The summed E-state index contributed by atoms with van der Waals surface area (Å²) in [6, 6.07) is 0. The van der Waals surface area contributed by atoms with Gasteiger partial charge in [0.25, 0.3) is 0 Å². The summed E-state index contributed by atoms with van der Waals surface area (Å²) in [4.78, 5) is 10.8. The number of Topliss-reactive ketones (excluding diaryl/α,β-unsaturated/α-hetero) is 1. The maximum Gasteiger partial charge on any atom is 0.130 e. The molecule has 2 heteroatoms. The van der Waals surface area contributed by atoms with E-state index in [1.54, 1.807) is 20.8 Å². The van der Waals surface area contributed by atoms with Crippen molar-refractivity contribution in [1.82, 2.24) is 0 Å². The zero-order valence-corrected chi connectivity index (χ0v) is 13.0. The summed E-state index contributed by atoms with van der Waals surface area (Å²) in [5, 5.41) is 9.44. The lowest BCUT2D eigenvalue weighted by atomic mass is 10.1. The fourth-order valence-corrected chi connectivity index (χ4v) is 1.30. The molecule has 108 valence electrons. The molecule has 0 saturated heterocycles. The van der Waals surface area contributed by atoms with Crippen LogP contribution < -0.4 is 0 Å². The minimum Gasteiger partial charge on any atom is -0.378 e. The minimum absolute atomic E-state index is 0.195. The van der Waals surface area contributed by atoms with Gasteiger partial charge in [-0.05, 0) is 39.7 Å². The molecule has 0 aromatic carbocycles. The van der Waals surface area contributed by atoms with E-state index in [-0.39, 0.29) is 5.78 Å². The molecule has 0 heterocycles. The van der Waals surface area contributed by atoms with Crippen LogP contribution in [0.15, 0.2) is 23.8 Å². The molecular formula is C18H24O2. The zero-order chi connectivity index (χ0) is 15.6. The molecule has 0 aromatic rings. The highest BCUT2D eigenvalue weighted by Crippen LogP contribution is 2.04. The normalized spacial score (nSPS) is 10.9. The average Bonchev–Trinajstić information content (AvgIpc) is 2.26. The van der Waals surface area contributed by atoms with E-state index in [0.717, 1.165) is 17.6 Å². The minimum atomic E-state index is -0.956. The van der Waals surface area contributed by atoms with Crippen molar-refractivity contribution in [3.8, 4) is 23.7 Å². The van der Waals surface area contributed by atoms with Crippen molar-refractivity contribution >= 4 is 5.78 Å². The van der Waals surface area contributed by atoms with Gasteiger partial charge in [-0.3, -0.25) is 0 Å². The van der Waals surface area contributed by atoms with Gasteiger partial charge in [-0.15, -0.1) is 0 Å². The van der Waals surface area contributed by atoms with Crippen LogP contribution in [0.25, 0.3) is 0 Å². The Hall–Kier alpha value is -1.77. The van der Waals surface area contributed by atoms with E-state index < -0.39 is 5.60 Å². The van der Waals surface area contributed by atoms with Crippen LogP contribution in [0.5, 0.6) is 0 Å². The van der Waals surface area contributed by atoms with Crippen LogP contribution in [0.3, 0.4) is 0 Å². The third-order valence-electron chi connectivity index (χ3n) is 2.30. The highest BCUT2D eigenvalue weighted by molar-refractivity contribution is 5.75. The second-order valence-corrected chi connectivity index (χ2v) is 5.39. The number of hydrogen-bond acceptors (Lipinski definition) is 2. The van der Waals surface area contributed by atoms with E-state index >= 15 is 0 Å². The van der Waals surface area contributed by atoms with Crippen LogP contribution in [0.1, 0.15) is 53.4 Å². The first-order valence-corrected chi connectivity index (χ1v) is 6.75. The molecule has 20 heavy (non-hydrogen) atoms. The molecular weight excluding hydrogens is 248 g/mol. The highest BCUT2D eigenvalue weighted by Gasteiger charge is 2.05. The molecule has 0 aliphatic rings. The van der Waals surface area contributed by atoms with Gasteiger partial charge in [0.05, 0.1) is 0 Å². The van der Waals surface area contributed by atoms with E-state index in [2.05, 4.69) is 30.3 Å². The fraction of sp³-hybridized carbons (Fsp3) is 0.500. The summed E-state index contributed by atoms with van der Waals surface area (Å²) >= 11 is 0. The van der Waals surface area contributed by atoms with Gasteiger partial charge >= 0.3 is 0 Å². The second kappa shape index (κ2) is 9.18. The monoisotopic (exact) mass is 272 g/mol. The molecule has 0 aromatic heterocycles. The lowest BCUT2D eigenvalue weighted by Crippen LogP contribution is -2.14. The number of rotatable bonds is 5. The van der Waals surface area contributed by atoms with Gasteiger partial charge in [0, 0.05) is 19.3 Å². The van der Waals surface area contributed by atoms with Crippen LogP contribution in [0.2, 0.25) is 0 Å². The standard InChI is InChI=1S/C18H24O2/c1-15(11-7-13-17(3)19)9-6-10-16(2)12-8-14-18(4,5)20/h11,20H,2,7,10,12-13H2,1,3-5H3/b15-11+. The van der Waals surface area contributed by atoms with Crippen molar-refractivity contribution in [3.05, 3.63) is 23.8 Å². The predicted octanol–water partition coefficient (Wildman–Crippen LogP) is 3.42. The SMILES string of the molecule is C=C(CC#C/C(C)=C/CCC(C)=O)CC#CC(C)(C)O. The van der Waals surface area contributed by atoms with Crippen molar-refractivity contribution in [2.75, 3.05) is 0 Å². The van der Waals surface area contributed by atoms with Crippen molar-refractivity contribution in [1.29, 1.82) is 0 Å². The van der Waals surface area contributed by atoms with Gasteiger partial charge < -0.3 is 9.90 Å². The smallest absolute Gasteiger partial charge is 0.130 e. The maximum atomic E-state index is 10.8. The molecule has 0 spiro atoms. The molecule has 2 nitrogen and oxygen atoms in total. The number of ketones is 1. The van der Waals surface area contributed by atoms with E-state index in [9.17, 15) is 9.90 Å². The first-order valence-electron chi connectivity index (χ1n) is 6.75. The number of hydrogen-bond donors (Lipinski definition) is 1. The Kier molecular flexibility index (Phi) is 8.37. The Morgan fingerprint density at radius 3 is 2.40 bits per heavy atom. The van der Waals surface area contributed by atoms with E-state index in [0.29, 0.717) is 19.3 Å². The van der Waals surface area contributed by atoms with Gasteiger partial charge in [-0.1, -0.05) is 41.9 Å². The largest absolute Gasteiger partial charge is 0.378 e. The Morgan fingerprint density at radius 2 is 1.85 bits per heavy atom. The highest BCUT2D eigenvalue weighted by atomic mass is 16.3. The van der Waals surface area contributed by atoms with Gasteiger partial charge in [-0.25, -0.2) is 0 Å². The fourth-order valence-electron chi connectivity index (χ4n) is 1.30. The Morgan fingerprint density at radius 1 is 1.25 bits per heavy atom. The number of carbonyl (C=O) groups is 1. The van der Waals surface area contributed by atoms with E-state index in [1.165, 1.54) is 0 Å². The predicted molar refractivity (Wildman–Crippen MR) is 83.9 cm³/mol. The molecule has 0 saturated carbocycles. The quantitative estimate of drug-likeness (QED) is 0.615. The molecule has 0 bridgehead atoms. The van der Waals surface area contributed by atoms with Crippen molar-refractivity contribution in [3.63, 3.8) is 0 Å². The summed E-state index contributed by atoms with van der Waals surface area (Å²) in [5.41, 5.74) is 0.953. The molecule has 0 atom stereocenters. The topological polar surface area (TPSA) is 37.3 Å². The zero-order valence-electron chi connectivity index (χ0n) is 13.0. The molecule has 0 aliphatic carbocycles. The summed E-state index contributed by atoms with van der Waals surface area (Å²) < 4.78 is 0. The van der Waals surface area contributed by atoms with Crippen molar-refractivity contribution in [2.24, 2.45) is 0 Å². The van der Waals surface area contributed by atoms with Crippen LogP contribution in [-0.2, 0) is 4.79 Å². The molecule has 0 radical (unpaired) electrons. The Labute approximate surface area is 123 Å². The second-order valence-electron chi connectivity index (χ2n) is 5.39. The van der Waals surface area contributed by atoms with E-state index in [4.69, 9.17) is 0 Å². The summed E-state index contributed by atoms with van der Waals surface area (Å²) in [6.07, 6.45) is 4.43. The van der Waals surface area contributed by atoms with Crippen LogP contribution >= 0.6 is 0 Å². The summed E-state index contributed by atoms with van der Waals surface area (Å²) in [6.45, 7) is 10.7. The van der Waals surface area contributed by atoms with Gasteiger partial charge in [-0.2, -0.15) is 0 Å². The molecule has 0 unspecified atom stereocenters. The maximum absolute atomic E-state index is 10.8. The van der Waals surface area contributed by atoms with Crippen LogP contribution in [0, 0.1) is 23.7 Å². The lowest BCUT2D eigenvalue weighted by Gasteiger charge is -2.05. The Balaban J connectivity index is 4.15. The average molecular weight is 272 g/mol. The molecule has 0 amide bonds. The Bertz CT molecular complexity index is 493. The third kappa shape index (κ3) is 12.7. The number of carbonyl (C=O) groups excluding carboxylic acids is 1. The van der Waals surface area contributed by atoms with Gasteiger partial charge in [0.1, 0.15) is 11.4 Å². The van der Waals surface area contributed by atoms with Gasteiger partial charge in [0.2, 0.25) is 0 Å². The van der Waals surface area contributed by atoms with Crippen molar-refractivity contribution in [2.45, 2.75) is 59.0 Å².